The van der Waals surface area contributed by atoms with Gasteiger partial charge in [0.2, 0.25) is 0 Å². The number of anilines is 2. The molecule has 8 aromatic carbocycles. The molecule has 59 heavy (non-hydrogen) atoms. The summed E-state index contributed by atoms with van der Waals surface area (Å²) < 4.78 is 2.42. The van der Waals surface area contributed by atoms with E-state index in [1.54, 1.807) is 0 Å². The Labute approximate surface area is 345 Å². The van der Waals surface area contributed by atoms with Crippen LogP contribution in [0.15, 0.2) is 220 Å². The fourth-order valence-electron chi connectivity index (χ4n) is 9.23. The number of fused-ring (bicyclic) bond motifs is 7. The van der Waals surface area contributed by atoms with Crippen LogP contribution in [0.4, 0.5) is 11.4 Å². The van der Waals surface area contributed by atoms with Crippen LogP contribution in [0.2, 0.25) is 0 Å². The molecule has 0 saturated heterocycles. The zero-order valence-corrected chi connectivity index (χ0v) is 32.6. The van der Waals surface area contributed by atoms with Crippen LogP contribution in [-0.4, -0.2) is 4.57 Å². The monoisotopic (exact) mass is 752 g/mol. The number of aromatic nitrogens is 1. The lowest BCUT2D eigenvalue weighted by atomic mass is 9.94. The highest BCUT2D eigenvalue weighted by Gasteiger charge is 2.24. The molecular weight excluding hydrogens is 713 g/mol. The molecule has 2 aliphatic rings. The number of benzene rings is 8. The molecule has 1 aliphatic carbocycles. The van der Waals surface area contributed by atoms with E-state index in [-0.39, 0.29) is 0 Å². The third-order valence-electron chi connectivity index (χ3n) is 12.1. The summed E-state index contributed by atoms with van der Waals surface area (Å²) in [6.07, 6.45) is 9.21. The molecule has 0 N–H and O–H groups in total. The topological polar surface area (TPSA) is 8.17 Å². The van der Waals surface area contributed by atoms with Gasteiger partial charge in [-0.05, 0) is 134 Å². The number of rotatable bonds is 6. The van der Waals surface area contributed by atoms with Crippen LogP contribution < -0.4 is 4.90 Å². The number of hydrogen-bond donors (Lipinski definition) is 0. The van der Waals surface area contributed by atoms with E-state index in [0.29, 0.717) is 0 Å². The maximum Gasteiger partial charge on any atom is 0.0541 e. The van der Waals surface area contributed by atoms with Crippen LogP contribution in [0, 0.1) is 0 Å². The second-order valence-corrected chi connectivity index (χ2v) is 15.5. The van der Waals surface area contributed by atoms with Gasteiger partial charge < -0.3 is 9.47 Å². The molecule has 1 aliphatic heterocycles. The molecule has 0 bridgehead atoms. The van der Waals surface area contributed by atoms with Crippen molar-refractivity contribution in [1.82, 2.24) is 4.57 Å². The largest absolute Gasteiger partial charge is 0.317 e. The molecule has 0 spiro atoms. The summed E-state index contributed by atoms with van der Waals surface area (Å²) in [5.41, 5.74) is 21.3. The van der Waals surface area contributed by atoms with Crippen LogP contribution in [-0.2, 0) is 6.42 Å². The Bertz CT molecular complexity index is 3210. The van der Waals surface area contributed by atoms with Crippen molar-refractivity contribution in [2.24, 2.45) is 0 Å². The molecule has 0 fully saturated rings. The van der Waals surface area contributed by atoms with Gasteiger partial charge in [-0.3, -0.25) is 0 Å². The summed E-state index contributed by atoms with van der Waals surface area (Å²) in [5.74, 6) is 0. The van der Waals surface area contributed by atoms with Crippen molar-refractivity contribution in [3.63, 3.8) is 0 Å². The molecule has 2 nitrogen and oxygen atoms in total. The van der Waals surface area contributed by atoms with E-state index in [4.69, 9.17) is 0 Å². The maximum absolute atomic E-state index is 4.54. The normalized spacial score (nSPS) is 14.1. The van der Waals surface area contributed by atoms with Crippen molar-refractivity contribution in [2.75, 3.05) is 4.90 Å². The van der Waals surface area contributed by atoms with Gasteiger partial charge >= 0.3 is 0 Å². The van der Waals surface area contributed by atoms with Gasteiger partial charge in [0.05, 0.1) is 16.7 Å². The standard InChI is InChI=1S/C57H40N2/c1-38-14-10-11-33-58(46-29-25-42(26-30-46)41-16-4-3-5-17-41)54-31-27-43(36-52(38)54)44-28-32-56-53(37-44)50-22-8-9-24-55(50)59(56)47-19-12-15-40(35-47)34-45-18-13-23-51-49-21-7-6-20-48(49)39(2)57(45)51/h3-33,35-37H,1-2,34H2/b14-10-,33-11-. The summed E-state index contributed by atoms with van der Waals surface area (Å²) in [6.45, 7) is 9.05. The first-order valence-corrected chi connectivity index (χ1v) is 20.3. The summed E-state index contributed by atoms with van der Waals surface area (Å²) in [6, 6.07) is 66.1. The fraction of sp³-hybridized carbons (Fsp3) is 0.0175. The third kappa shape index (κ3) is 5.88. The second kappa shape index (κ2) is 14.1. The van der Waals surface area contributed by atoms with Gasteiger partial charge in [-0.2, -0.15) is 0 Å². The first kappa shape index (κ1) is 34.6. The van der Waals surface area contributed by atoms with Crippen molar-refractivity contribution in [3.05, 3.63) is 247 Å². The molecule has 0 radical (unpaired) electrons. The van der Waals surface area contributed by atoms with Gasteiger partial charge in [-0.1, -0.05) is 153 Å². The van der Waals surface area contributed by atoms with Gasteiger partial charge in [0.1, 0.15) is 0 Å². The van der Waals surface area contributed by atoms with Crippen LogP contribution in [0.5, 0.6) is 0 Å². The number of para-hydroxylation sites is 1. The lowest BCUT2D eigenvalue weighted by Gasteiger charge is -2.26. The Morgan fingerprint density at radius 2 is 1.14 bits per heavy atom. The summed E-state index contributed by atoms with van der Waals surface area (Å²) in [7, 11) is 0. The van der Waals surface area contributed by atoms with E-state index < -0.39 is 0 Å². The van der Waals surface area contributed by atoms with Gasteiger partial charge in [-0.25, -0.2) is 0 Å². The predicted molar refractivity (Wildman–Crippen MR) is 250 cm³/mol. The molecule has 2 heterocycles. The maximum atomic E-state index is 4.54. The molecule has 1 aromatic heterocycles. The molecule has 0 unspecified atom stereocenters. The first-order chi connectivity index (χ1) is 29.1. The van der Waals surface area contributed by atoms with Crippen LogP contribution >= 0.6 is 0 Å². The number of hydrogen-bond acceptors (Lipinski definition) is 1. The predicted octanol–water partition coefficient (Wildman–Crippen LogP) is 15.0. The highest BCUT2D eigenvalue weighted by molar-refractivity contribution is 6.10. The van der Waals surface area contributed by atoms with E-state index in [2.05, 4.69) is 229 Å². The van der Waals surface area contributed by atoms with Crippen molar-refractivity contribution in [1.29, 1.82) is 0 Å². The fourth-order valence-corrected chi connectivity index (χ4v) is 9.23. The molecule has 11 rings (SSSR count). The molecule has 0 amide bonds. The quantitative estimate of drug-likeness (QED) is 0.164. The Balaban J connectivity index is 0.954. The minimum absolute atomic E-state index is 0.830. The first-order valence-electron chi connectivity index (χ1n) is 20.3. The lowest BCUT2D eigenvalue weighted by molar-refractivity contribution is 1.13. The SMILES string of the molecule is C=C1/C=C\C=C/N(c2ccc(-c3ccccc3)cc2)c2ccc(-c3ccc4c(c3)c3ccccc3n4-c3cccc(Cc4cccc5c4C(=C)c4ccccc4-5)c3)cc21. The zero-order chi connectivity index (χ0) is 39.5. The van der Waals surface area contributed by atoms with Crippen molar-refractivity contribution >= 4 is 44.3 Å². The van der Waals surface area contributed by atoms with Crippen molar-refractivity contribution in [2.45, 2.75) is 6.42 Å². The Morgan fingerprint density at radius 3 is 2.02 bits per heavy atom. The molecule has 0 atom stereocenters. The summed E-state index contributed by atoms with van der Waals surface area (Å²) in [4.78, 5) is 2.26. The van der Waals surface area contributed by atoms with Crippen LogP contribution in [0.1, 0.15) is 27.8 Å². The van der Waals surface area contributed by atoms with Gasteiger partial charge in [-0.15, -0.1) is 0 Å². The average Bonchev–Trinajstić information content (AvgIpc) is 3.78. The number of allylic oxidation sites excluding steroid dienone is 4. The zero-order valence-electron chi connectivity index (χ0n) is 32.6. The van der Waals surface area contributed by atoms with E-state index in [9.17, 15) is 0 Å². The third-order valence-corrected chi connectivity index (χ3v) is 12.1. The van der Waals surface area contributed by atoms with Crippen molar-refractivity contribution in [3.8, 4) is 39.1 Å². The average molecular weight is 753 g/mol. The molecular formula is C57H40N2. The molecule has 2 heteroatoms. The highest BCUT2D eigenvalue weighted by atomic mass is 15.1. The Kier molecular flexibility index (Phi) is 8.23. The van der Waals surface area contributed by atoms with Crippen molar-refractivity contribution < 1.29 is 0 Å². The molecule has 9 aromatic rings. The van der Waals surface area contributed by atoms with E-state index >= 15 is 0 Å². The van der Waals surface area contributed by atoms with Gasteiger partial charge in [0.25, 0.3) is 0 Å². The van der Waals surface area contributed by atoms with Gasteiger partial charge in [0.15, 0.2) is 0 Å². The Morgan fingerprint density at radius 1 is 0.441 bits per heavy atom. The lowest BCUT2D eigenvalue weighted by Crippen LogP contribution is -2.11. The minimum Gasteiger partial charge on any atom is -0.317 e. The smallest absolute Gasteiger partial charge is 0.0541 e. The van der Waals surface area contributed by atoms with E-state index in [1.807, 2.05) is 0 Å². The van der Waals surface area contributed by atoms with Crippen LogP contribution in [0.25, 0.3) is 72.0 Å². The molecule has 0 saturated carbocycles. The second-order valence-electron chi connectivity index (χ2n) is 15.5. The minimum atomic E-state index is 0.830. The van der Waals surface area contributed by atoms with E-state index in [0.717, 1.165) is 45.8 Å². The summed E-state index contributed by atoms with van der Waals surface area (Å²) >= 11 is 0. The number of nitrogens with zero attached hydrogens (tertiary/aromatic N) is 2. The Hall–Kier alpha value is -7.68. The summed E-state index contributed by atoms with van der Waals surface area (Å²) in [5, 5.41) is 2.46. The molecule has 278 valence electrons. The van der Waals surface area contributed by atoms with Crippen LogP contribution in [0.3, 0.4) is 0 Å². The highest BCUT2D eigenvalue weighted by Crippen LogP contribution is 2.45. The van der Waals surface area contributed by atoms with Gasteiger partial charge in [0, 0.05) is 33.9 Å². The van der Waals surface area contributed by atoms with E-state index in [1.165, 1.54) is 71.9 Å².